The summed E-state index contributed by atoms with van der Waals surface area (Å²) in [5.41, 5.74) is 28.8. The standard InChI is InChI=1S/C73H61N/c1-69(2,3)48-31-36-58-59-37-32-49(70(4,5)6)42-68(59)73(67(58)41-48)63-30-20-17-27-55(63)60-43-50(35-40-64(60)73)74(51-33-38-56-53-25-15-18-28-61(53)71(7,65(56)44-51)46-21-11-9-12-22-46)52-34-39-57-54-26-16-19-29-62(54)72(8,66(57)45-52)47-23-13-10-14-24-47/h9-45H,1-8H3. The highest BCUT2D eigenvalue weighted by Crippen LogP contribution is 2.65. The van der Waals surface area contributed by atoms with Gasteiger partial charge in [-0.25, -0.2) is 0 Å². The van der Waals surface area contributed by atoms with Crippen molar-refractivity contribution in [1.29, 1.82) is 0 Å². The van der Waals surface area contributed by atoms with Crippen LogP contribution in [0.1, 0.15) is 122 Å². The average molecular weight is 952 g/mol. The molecule has 0 saturated carbocycles. The van der Waals surface area contributed by atoms with Gasteiger partial charge in [0.05, 0.1) is 5.41 Å². The number of nitrogens with zero attached hydrogens (tertiary/aromatic N) is 1. The Balaban J connectivity index is 1.04. The quantitative estimate of drug-likeness (QED) is 0.166. The van der Waals surface area contributed by atoms with Gasteiger partial charge in [-0.1, -0.05) is 230 Å². The fourth-order valence-electron chi connectivity index (χ4n) is 14.1. The first-order valence-electron chi connectivity index (χ1n) is 26.7. The van der Waals surface area contributed by atoms with Gasteiger partial charge in [-0.05, 0) is 172 Å². The van der Waals surface area contributed by atoms with Crippen LogP contribution in [0.3, 0.4) is 0 Å². The van der Waals surface area contributed by atoms with E-state index in [9.17, 15) is 0 Å². The van der Waals surface area contributed by atoms with E-state index in [2.05, 4.69) is 285 Å². The lowest BCUT2D eigenvalue weighted by molar-refractivity contribution is 0.586. The number of hydrogen-bond acceptors (Lipinski definition) is 1. The average Bonchev–Trinajstić information content (AvgIpc) is 4.11. The monoisotopic (exact) mass is 951 g/mol. The minimum absolute atomic E-state index is 0.0193. The molecule has 0 fully saturated rings. The highest BCUT2D eigenvalue weighted by atomic mass is 15.1. The highest BCUT2D eigenvalue weighted by molar-refractivity contribution is 5.98. The van der Waals surface area contributed by atoms with Gasteiger partial charge in [0.2, 0.25) is 0 Å². The molecule has 0 aromatic heterocycles. The van der Waals surface area contributed by atoms with E-state index in [4.69, 9.17) is 0 Å². The van der Waals surface area contributed by atoms with Crippen LogP contribution in [0, 0.1) is 0 Å². The van der Waals surface area contributed by atoms with Gasteiger partial charge in [0.25, 0.3) is 0 Å². The summed E-state index contributed by atoms with van der Waals surface area (Å²) in [4.78, 5) is 2.56. The van der Waals surface area contributed by atoms with Crippen LogP contribution in [0.4, 0.5) is 17.1 Å². The smallest absolute Gasteiger partial charge is 0.0725 e. The largest absolute Gasteiger partial charge is 0.310 e. The maximum atomic E-state index is 2.56. The molecule has 4 aliphatic rings. The molecule has 2 unspecified atom stereocenters. The SMILES string of the molecule is CC(C)(C)c1ccc2c(c1)C1(c3ccccc3-c3cc(N(c4ccc5c(c4)C(C)(c4ccccc4)c4ccccc4-5)c4ccc5c(c4)C(C)(c4ccccc4)c4ccccc4-5)ccc31)c1cc(C(C)(C)C)ccc1-2. The maximum absolute atomic E-state index is 2.56. The maximum Gasteiger partial charge on any atom is 0.0725 e. The molecule has 10 aromatic rings. The summed E-state index contributed by atoms with van der Waals surface area (Å²) in [6, 6.07) is 86.3. The zero-order chi connectivity index (χ0) is 50.5. The highest BCUT2D eigenvalue weighted by Gasteiger charge is 2.53. The molecule has 10 aromatic carbocycles. The third kappa shape index (κ3) is 5.99. The van der Waals surface area contributed by atoms with Crippen molar-refractivity contribution in [3.8, 4) is 44.5 Å². The molecule has 74 heavy (non-hydrogen) atoms. The van der Waals surface area contributed by atoms with Crippen molar-refractivity contribution < 1.29 is 0 Å². The lowest BCUT2D eigenvalue weighted by Crippen LogP contribution is -2.27. The number of fused-ring (bicyclic) bond motifs is 16. The van der Waals surface area contributed by atoms with Gasteiger partial charge >= 0.3 is 0 Å². The Morgan fingerprint density at radius 2 is 0.608 bits per heavy atom. The molecule has 0 aliphatic heterocycles. The number of benzene rings is 10. The second-order valence-corrected chi connectivity index (χ2v) is 23.9. The van der Waals surface area contributed by atoms with Crippen molar-refractivity contribution in [2.75, 3.05) is 4.90 Å². The van der Waals surface area contributed by atoms with E-state index in [-0.39, 0.29) is 21.7 Å². The Labute approximate surface area is 437 Å². The van der Waals surface area contributed by atoms with Crippen LogP contribution in [0.15, 0.2) is 224 Å². The first-order chi connectivity index (χ1) is 35.7. The predicted octanol–water partition coefficient (Wildman–Crippen LogP) is 18.8. The van der Waals surface area contributed by atoms with E-state index in [0.29, 0.717) is 0 Å². The van der Waals surface area contributed by atoms with Crippen LogP contribution in [0.5, 0.6) is 0 Å². The van der Waals surface area contributed by atoms with Gasteiger partial charge in [0, 0.05) is 27.9 Å². The topological polar surface area (TPSA) is 3.24 Å². The molecule has 0 heterocycles. The van der Waals surface area contributed by atoms with Crippen LogP contribution >= 0.6 is 0 Å². The molecule has 0 bridgehead atoms. The molecule has 4 aliphatic carbocycles. The zero-order valence-corrected chi connectivity index (χ0v) is 43.8. The first kappa shape index (κ1) is 44.7. The minimum atomic E-state index is -0.490. The van der Waals surface area contributed by atoms with E-state index in [1.54, 1.807) is 0 Å². The van der Waals surface area contributed by atoms with Crippen LogP contribution in [0.2, 0.25) is 0 Å². The molecule has 0 amide bonds. The van der Waals surface area contributed by atoms with Gasteiger partial charge in [0.15, 0.2) is 0 Å². The second kappa shape index (κ2) is 15.5. The Kier molecular flexibility index (Phi) is 9.37. The molecule has 1 nitrogen and oxygen atoms in total. The van der Waals surface area contributed by atoms with Gasteiger partial charge in [-0.3, -0.25) is 0 Å². The number of hydrogen-bond donors (Lipinski definition) is 0. The van der Waals surface area contributed by atoms with Crippen molar-refractivity contribution in [2.24, 2.45) is 0 Å². The normalized spacial score (nSPS) is 17.9. The van der Waals surface area contributed by atoms with E-state index >= 15 is 0 Å². The van der Waals surface area contributed by atoms with Crippen molar-refractivity contribution in [3.05, 3.63) is 291 Å². The summed E-state index contributed by atoms with van der Waals surface area (Å²) in [6.07, 6.45) is 0. The molecule has 0 saturated heterocycles. The fourth-order valence-corrected chi connectivity index (χ4v) is 14.1. The molecule has 0 radical (unpaired) electrons. The third-order valence-electron chi connectivity index (χ3n) is 18.0. The number of anilines is 3. The van der Waals surface area contributed by atoms with Gasteiger partial charge in [-0.15, -0.1) is 0 Å². The third-order valence-corrected chi connectivity index (χ3v) is 18.0. The first-order valence-corrected chi connectivity index (χ1v) is 26.7. The molecule has 1 heteroatoms. The molecule has 358 valence electrons. The van der Waals surface area contributed by atoms with Crippen LogP contribution in [-0.2, 0) is 27.1 Å². The number of rotatable bonds is 5. The van der Waals surface area contributed by atoms with E-state index in [0.717, 1.165) is 17.1 Å². The summed E-state index contributed by atoms with van der Waals surface area (Å²) >= 11 is 0. The summed E-state index contributed by atoms with van der Waals surface area (Å²) in [5, 5.41) is 0. The molecule has 0 N–H and O–H groups in total. The molecule has 2 atom stereocenters. The van der Waals surface area contributed by atoms with Gasteiger partial charge in [0.1, 0.15) is 0 Å². The molecular formula is C73H61N. The summed E-state index contributed by atoms with van der Waals surface area (Å²) in [7, 11) is 0. The Morgan fingerprint density at radius 3 is 1.07 bits per heavy atom. The Hall–Kier alpha value is -8.00. The lowest BCUT2D eigenvalue weighted by Gasteiger charge is -2.34. The fraction of sp³-hybridized carbons (Fsp3) is 0.178. The van der Waals surface area contributed by atoms with Crippen LogP contribution in [0.25, 0.3) is 44.5 Å². The molecule has 14 rings (SSSR count). The van der Waals surface area contributed by atoms with Gasteiger partial charge < -0.3 is 4.90 Å². The van der Waals surface area contributed by atoms with Crippen molar-refractivity contribution >= 4 is 17.1 Å². The Morgan fingerprint density at radius 1 is 0.270 bits per heavy atom. The summed E-state index contributed by atoms with van der Waals surface area (Å²) in [6.45, 7) is 18.9. The Bertz CT molecular complexity index is 3750. The lowest BCUT2D eigenvalue weighted by atomic mass is 9.69. The van der Waals surface area contributed by atoms with Crippen molar-refractivity contribution in [2.45, 2.75) is 82.5 Å². The molecule has 1 spiro atoms. The van der Waals surface area contributed by atoms with Crippen LogP contribution in [-0.4, -0.2) is 0 Å². The summed E-state index contributed by atoms with van der Waals surface area (Å²) in [5.74, 6) is 0. The van der Waals surface area contributed by atoms with E-state index in [1.807, 2.05) is 0 Å². The van der Waals surface area contributed by atoms with Gasteiger partial charge in [-0.2, -0.15) is 0 Å². The van der Waals surface area contributed by atoms with E-state index in [1.165, 1.54) is 111 Å². The van der Waals surface area contributed by atoms with E-state index < -0.39 is 5.41 Å². The van der Waals surface area contributed by atoms with Crippen molar-refractivity contribution in [3.63, 3.8) is 0 Å². The zero-order valence-electron chi connectivity index (χ0n) is 43.8. The second-order valence-electron chi connectivity index (χ2n) is 23.9. The summed E-state index contributed by atoms with van der Waals surface area (Å²) < 4.78 is 0. The van der Waals surface area contributed by atoms with Crippen molar-refractivity contribution in [1.82, 2.24) is 0 Å². The molecular weight excluding hydrogens is 891 g/mol. The minimum Gasteiger partial charge on any atom is -0.310 e. The predicted molar refractivity (Wildman–Crippen MR) is 310 cm³/mol. The van der Waals surface area contributed by atoms with Crippen LogP contribution < -0.4 is 4.90 Å².